The molecule has 24 heavy (non-hydrogen) atoms. The zero-order chi connectivity index (χ0) is 17.3. The number of aromatic nitrogens is 2. The molecule has 5 nitrogen and oxygen atoms in total. The molecule has 0 saturated heterocycles. The molecule has 0 fully saturated rings. The third-order valence-corrected chi connectivity index (χ3v) is 3.78. The highest BCUT2D eigenvalue weighted by molar-refractivity contribution is 6.31. The Hall–Kier alpha value is -2.67. The summed E-state index contributed by atoms with van der Waals surface area (Å²) in [6.07, 6.45) is 1.32. The van der Waals surface area contributed by atoms with E-state index < -0.39 is 16.7 Å². The van der Waals surface area contributed by atoms with E-state index in [1.165, 1.54) is 26.6 Å². The lowest BCUT2D eigenvalue weighted by Gasteiger charge is -2.13. The highest BCUT2D eigenvalue weighted by atomic mass is 35.5. The van der Waals surface area contributed by atoms with E-state index in [0.717, 1.165) is 6.07 Å². The summed E-state index contributed by atoms with van der Waals surface area (Å²) in [5.41, 5.74) is 0.565. The molecule has 0 atom stereocenters. The van der Waals surface area contributed by atoms with E-state index >= 15 is 0 Å². The van der Waals surface area contributed by atoms with Gasteiger partial charge in [-0.3, -0.25) is 0 Å². The van der Waals surface area contributed by atoms with Gasteiger partial charge in [-0.05, 0) is 18.2 Å². The summed E-state index contributed by atoms with van der Waals surface area (Å²) >= 11 is 5.60. The second kappa shape index (κ2) is 6.45. The Kier molecular flexibility index (Phi) is 4.35. The van der Waals surface area contributed by atoms with Gasteiger partial charge in [-0.25, -0.2) is 18.7 Å². The first-order valence-corrected chi connectivity index (χ1v) is 7.20. The van der Waals surface area contributed by atoms with Gasteiger partial charge in [0.15, 0.2) is 17.3 Å². The van der Waals surface area contributed by atoms with Crippen LogP contribution in [-0.4, -0.2) is 24.2 Å². The molecule has 0 unspecified atom stereocenters. The van der Waals surface area contributed by atoms with E-state index in [2.05, 4.69) is 15.3 Å². The van der Waals surface area contributed by atoms with Gasteiger partial charge in [0.25, 0.3) is 0 Å². The van der Waals surface area contributed by atoms with E-state index in [0.29, 0.717) is 28.2 Å². The van der Waals surface area contributed by atoms with Crippen LogP contribution in [0.4, 0.5) is 20.3 Å². The molecule has 3 rings (SSSR count). The summed E-state index contributed by atoms with van der Waals surface area (Å²) < 4.78 is 37.8. The smallest absolute Gasteiger partial charge is 0.168 e. The molecule has 0 saturated carbocycles. The minimum Gasteiger partial charge on any atom is -0.493 e. The first-order chi connectivity index (χ1) is 11.5. The normalized spacial score (nSPS) is 10.7. The van der Waals surface area contributed by atoms with Crippen LogP contribution in [0.2, 0.25) is 5.02 Å². The van der Waals surface area contributed by atoms with Gasteiger partial charge in [0.05, 0.1) is 25.4 Å². The van der Waals surface area contributed by atoms with Crippen molar-refractivity contribution in [3.63, 3.8) is 0 Å². The van der Waals surface area contributed by atoms with E-state index in [1.54, 1.807) is 12.1 Å². The minimum atomic E-state index is -0.899. The highest BCUT2D eigenvalue weighted by Crippen LogP contribution is 2.35. The van der Waals surface area contributed by atoms with Crippen molar-refractivity contribution >= 4 is 34.0 Å². The Bertz CT molecular complexity index is 921. The fourth-order valence-electron chi connectivity index (χ4n) is 2.23. The molecule has 3 aromatic rings. The molecule has 0 bridgehead atoms. The molecule has 0 aliphatic carbocycles. The second-order valence-corrected chi connectivity index (χ2v) is 5.17. The number of halogens is 3. The van der Waals surface area contributed by atoms with E-state index in [-0.39, 0.29) is 5.69 Å². The van der Waals surface area contributed by atoms with Crippen LogP contribution in [0.5, 0.6) is 11.5 Å². The first kappa shape index (κ1) is 16.2. The Morgan fingerprint density at radius 1 is 1.04 bits per heavy atom. The molecule has 0 amide bonds. The lowest BCUT2D eigenvalue weighted by molar-refractivity contribution is 0.356. The Balaban J connectivity index is 2.12. The molecule has 8 heteroatoms. The van der Waals surface area contributed by atoms with E-state index in [9.17, 15) is 8.78 Å². The third kappa shape index (κ3) is 2.78. The average Bonchev–Trinajstić information content (AvgIpc) is 2.61. The number of nitrogens with one attached hydrogen (secondary N) is 1. The lowest BCUT2D eigenvalue weighted by Crippen LogP contribution is -2.00. The molecule has 1 N–H and O–H groups in total. The third-order valence-electron chi connectivity index (χ3n) is 3.43. The number of ether oxygens (including phenoxy) is 2. The maximum atomic E-state index is 14.1. The molecule has 124 valence electrons. The second-order valence-electron chi connectivity index (χ2n) is 4.79. The van der Waals surface area contributed by atoms with Crippen LogP contribution >= 0.6 is 11.6 Å². The largest absolute Gasteiger partial charge is 0.493 e. The summed E-state index contributed by atoms with van der Waals surface area (Å²) in [4.78, 5) is 8.26. The van der Waals surface area contributed by atoms with Gasteiger partial charge < -0.3 is 14.8 Å². The maximum Gasteiger partial charge on any atom is 0.168 e. The SMILES string of the molecule is COc1cc2ncnc(Nc3ccc(F)c(Cl)c3F)c2cc1OC. The van der Waals surface area contributed by atoms with Crippen molar-refractivity contribution < 1.29 is 18.3 Å². The van der Waals surface area contributed by atoms with Gasteiger partial charge >= 0.3 is 0 Å². The van der Waals surface area contributed by atoms with Gasteiger partial charge in [-0.1, -0.05) is 11.6 Å². The fourth-order valence-corrected chi connectivity index (χ4v) is 2.40. The molecule has 1 heterocycles. The standard InChI is InChI=1S/C16H12ClF2N3O2/c1-23-12-5-8-11(6-13(12)24-2)20-7-21-16(8)22-10-4-3-9(18)14(17)15(10)19/h3-7H,1-2H3,(H,20,21,22). The number of anilines is 2. The summed E-state index contributed by atoms with van der Waals surface area (Å²) in [6, 6.07) is 5.65. The van der Waals surface area contributed by atoms with Crippen LogP contribution < -0.4 is 14.8 Å². The number of hydrogen-bond acceptors (Lipinski definition) is 5. The first-order valence-electron chi connectivity index (χ1n) is 6.82. The van der Waals surface area contributed by atoms with Crippen LogP contribution in [0, 0.1) is 11.6 Å². The van der Waals surface area contributed by atoms with Crippen molar-refractivity contribution in [2.45, 2.75) is 0 Å². The monoisotopic (exact) mass is 351 g/mol. The van der Waals surface area contributed by atoms with Crippen molar-refractivity contribution in [3.8, 4) is 11.5 Å². The van der Waals surface area contributed by atoms with Crippen molar-refractivity contribution in [1.29, 1.82) is 0 Å². The van der Waals surface area contributed by atoms with E-state index in [4.69, 9.17) is 21.1 Å². The Morgan fingerprint density at radius 2 is 1.75 bits per heavy atom. The molecule has 0 aliphatic heterocycles. The zero-order valence-electron chi connectivity index (χ0n) is 12.7. The molecular formula is C16H12ClF2N3O2. The molecule has 2 aromatic carbocycles. The van der Waals surface area contributed by atoms with Gasteiger partial charge in [0.2, 0.25) is 0 Å². The van der Waals surface area contributed by atoms with E-state index in [1.807, 2.05) is 0 Å². The van der Waals surface area contributed by atoms with Gasteiger partial charge in [-0.15, -0.1) is 0 Å². The molecule has 0 radical (unpaired) electrons. The van der Waals surface area contributed by atoms with Crippen LogP contribution in [-0.2, 0) is 0 Å². The number of rotatable bonds is 4. The molecule has 0 aliphatic rings. The number of hydrogen-bond donors (Lipinski definition) is 1. The Labute approximate surface area is 141 Å². The maximum absolute atomic E-state index is 14.1. The van der Waals surface area contributed by atoms with Crippen LogP contribution in [0.25, 0.3) is 10.9 Å². The van der Waals surface area contributed by atoms with Crippen LogP contribution in [0.15, 0.2) is 30.6 Å². The average molecular weight is 352 g/mol. The topological polar surface area (TPSA) is 56.3 Å². The predicted octanol–water partition coefficient (Wildman–Crippen LogP) is 4.32. The minimum absolute atomic E-state index is 0.00353. The fraction of sp³-hybridized carbons (Fsp3) is 0.125. The lowest BCUT2D eigenvalue weighted by atomic mass is 10.2. The number of fused-ring (bicyclic) bond motifs is 1. The summed E-state index contributed by atoms with van der Waals surface area (Å²) in [5.74, 6) is -0.434. The highest BCUT2D eigenvalue weighted by Gasteiger charge is 2.15. The predicted molar refractivity (Wildman–Crippen MR) is 87.3 cm³/mol. The molecule has 1 aromatic heterocycles. The van der Waals surface area contributed by atoms with Gasteiger partial charge in [-0.2, -0.15) is 0 Å². The number of nitrogens with zero attached hydrogens (tertiary/aromatic N) is 2. The molecular weight excluding hydrogens is 340 g/mol. The number of methoxy groups -OCH3 is 2. The number of benzene rings is 2. The van der Waals surface area contributed by atoms with Crippen molar-refractivity contribution in [3.05, 3.63) is 47.2 Å². The van der Waals surface area contributed by atoms with Crippen LogP contribution in [0.1, 0.15) is 0 Å². The summed E-state index contributed by atoms with van der Waals surface area (Å²) in [7, 11) is 3.01. The summed E-state index contributed by atoms with van der Waals surface area (Å²) in [6.45, 7) is 0. The molecule has 0 spiro atoms. The van der Waals surface area contributed by atoms with Crippen LogP contribution in [0.3, 0.4) is 0 Å². The summed E-state index contributed by atoms with van der Waals surface area (Å²) in [5, 5.41) is 2.79. The zero-order valence-corrected chi connectivity index (χ0v) is 13.5. The van der Waals surface area contributed by atoms with Crippen molar-refractivity contribution in [2.24, 2.45) is 0 Å². The quantitative estimate of drug-likeness (QED) is 0.709. The van der Waals surface area contributed by atoms with Crippen molar-refractivity contribution in [1.82, 2.24) is 9.97 Å². The van der Waals surface area contributed by atoms with Gasteiger partial charge in [0.1, 0.15) is 23.0 Å². The Morgan fingerprint density at radius 3 is 2.46 bits per heavy atom. The van der Waals surface area contributed by atoms with Crippen molar-refractivity contribution in [2.75, 3.05) is 19.5 Å². The van der Waals surface area contributed by atoms with Gasteiger partial charge in [0, 0.05) is 11.5 Å².